The summed E-state index contributed by atoms with van der Waals surface area (Å²) < 4.78 is 0. The van der Waals surface area contributed by atoms with Gasteiger partial charge in [-0.05, 0) is 128 Å². The largest absolute Gasteiger partial charge is 0.0622 e. The van der Waals surface area contributed by atoms with Gasteiger partial charge < -0.3 is 0 Å². The second-order valence-electron chi connectivity index (χ2n) is 13.9. The molecule has 0 aromatic heterocycles. The minimum Gasteiger partial charge on any atom is -0.0622 e. The van der Waals surface area contributed by atoms with Crippen molar-refractivity contribution in [2.75, 3.05) is 0 Å². The first kappa shape index (κ1) is 29.0. The third kappa shape index (κ3) is 4.22. The van der Waals surface area contributed by atoms with Crippen LogP contribution in [0.2, 0.25) is 0 Å². The summed E-state index contributed by atoms with van der Waals surface area (Å²) in [5.74, 6) is 0. The summed E-state index contributed by atoms with van der Waals surface area (Å²) >= 11 is 0. The lowest BCUT2D eigenvalue weighted by molar-refractivity contribution is 1.58. The van der Waals surface area contributed by atoms with E-state index >= 15 is 0 Å². The number of rotatable bonds is 4. The van der Waals surface area contributed by atoms with Crippen LogP contribution in [-0.2, 0) is 0 Å². The molecule has 0 atom stereocenters. The summed E-state index contributed by atoms with van der Waals surface area (Å²) in [6.07, 6.45) is 0. The Bertz CT molecular complexity index is 3040. The van der Waals surface area contributed by atoms with Gasteiger partial charge >= 0.3 is 0 Å². The van der Waals surface area contributed by atoms with Crippen LogP contribution in [-0.4, -0.2) is 0 Å². The fourth-order valence-corrected chi connectivity index (χ4v) is 8.98. The van der Waals surface area contributed by atoms with E-state index in [4.69, 9.17) is 0 Å². The molecule has 10 aromatic carbocycles. The number of hydrogen-bond donors (Lipinski definition) is 0. The summed E-state index contributed by atoms with van der Waals surface area (Å²) in [7, 11) is 0. The van der Waals surface area contributed by atoms with Gasteiger partial charge in [0.05, 0.1) is 0 Å². The van der Waals surface area contributed by atoms with Crippen molar-refractivity contribution in [3.05, 3.63) is 194 Å². The van der Waals surface area contributed by atoms with Gasteiger partial charge in [-0.2, -0.15) is 0 Å². The lowest BCUT2D eigenvalue weighted by atomic mass is 9.79. The molecule has 0 spiro atoms. The Balaban J connectivity index is 1.41. The van der Waals surface area contributed by atoms with Crippen molar-refractivity contribution in [3.8, 4) is 66.8 Å². The SMILES string of the molecule is c1ccc(-c2ccccc2-c2c3c(c(-c4ccccc4-c4ccccc4)c4cc5ccccc5cc24)-c2cc4ccccc4c4cccc-3c24)cc1. The first-order valence-electron chi connectivity index (χ1n) is 18.1. The van der Waals surface area contributed by atoms with E-state index < -0.39 is 0 Å². The predicted octanol–water partition coefficient (Wildman–Crippen LogP) is 14.6. The fraction of sp³-hybridized carbons (Fsp3) is 0. The Morgan fingerprint density at radius 1 is 0.212 bits per heavy atom. The predicted molar refractivity (Wildman–Crippen MR) is 223 cm³/mol. The van der Waals surface area contributed by atoms with Gasteiger partial charge in [-0.3, -0.25) is 0 Å². The number of benzene rings is 10. The monoisotopic (exact) mass is 656 g/mol. The summed E-state index contributed by atoms with van der Waals surface area (Å²) in [5, 5.41) is 10.2. The van der Waals surface area contributed by atoms with Gasteiger partial charge in [0.1, 0.15) is 0 Å². The van der Waals surface area contributed by atoms with Gasteiger partial charge in [-0.25, -0.2) is 0 Å². The van der Waals surface area contributed by atoms with Crippen LogP contribution in [0.1, 0.15) is 0 Å². The molecule has 0 saturated heterocycles. The molecule has 0 bridgehead atoms. The lowest BCUT2D eigenvalue weighted by Crippen LogP contribution is -1.96. The molecule has 0 nitrogen and oxygen atoms in total. The maximum atomic E-state index is 2.46. The van der Waals surface area contributed by atoms with Crippen LogP contribution in [0.15, 0.2) is 194 Å². The Labute approximate surface area is 302 Å². The zero-order chi connectivity index (χ0) is 34.2. The Morgan fingerprint density at radius 3 is 1.21 bits per heavy atom. The minimum atomic E-state index is 1.22. The molecule has 1 aliphatic carbocycles. The lowest BCUT2D eigenvalue weighted by Gasteiger charge is -2.24. The Kier molecular flexibility index (Phi) is 6.35. The van der Waals surface area contributed by atoms with E-state index in [9.17, 15) is 0 Å². The Morgan fingerprint density at radius 2 is 0.635 bits per heavy atom. The van der Waals surface area contributed by atoms with E-state index in [-0.39, 0.29) is 0 Å². The standard InChI is InChI=1S/C52H32/c1-3-16-33(17-4-1)38-23-11-13-26-42(38)49-45-30-35-20-7-8-21-36(35)31-46(45)50(43-27-14-12-24-39(43)34-18-5-2-6-19-34)52-47-32-37-22-9-10-25-40(37)41-28-15-29-44(48(41)47)51(49)52/h1-32H. The van der Waals surface area contributed by atoms with E-state index in [2.05, 4.69) is 194 Å². The number of hydrogen-bond acceptors (Lipinski definition) is 0. The molecule has 0 aliphatic heterocycles. The highest BCUT2D eigenvalue weighted by molar-refractivity contribution is 6.32. The molecule has 0 fully saturated rings. The summed E-state index contributed by atoms with van der Waals surface area (Å²) in [4.78, 5) is 0. The summed E-state index contributed by atoms with van der Waals surface area (Å²) in [6.45, 7) is 0. The van der Waals surface area contributed by atoms with Gasteiger partial charge in [0, 0.05) is 0 Å². The molecule has 0 heterocycles. The van der Waals surface area contributed by atoms with Crippen LogP contribution < -0.4 is 0 Å². The maximum Gasteiger partial charge on any atom is -0.000696 e. The quantitative estimate of drug-likeness (QED) is 0.131. The second kappa shape index (κ2) is 11.4. The van der Waals surface area contributed by atoms with Crippen molar-refractivity contribution in [3.63, 3.8) is 0 Å². The maximum absolute atomic E-state index is 2.46. The smallest absolute Gasteiger partial charge is 0.000696 e. The van der Waals surface area contributed by atoms with Crippen molar-refractivity contribution in [1.29, 1.82) is 0 Å². The van der Waals surface area contributed by atoms with Crippen LogP contribution in [0.5, 0.6) is 0 Å². The van der Waals surface area contributed by atoms with Crippen LogP contribution in [0, 0.1) is 0 Å². The van der Waals surface area contributed by atoms with Crippen LogP contribution in [0.3, 0.4) is 0 Å². The minimum absolute atomic E-state index is 1.22. The summed E-state index contributed by atoms with van der Waals surface area (Å²) in [6, 6.07) is 71.8. The molecule has 0 amide bonds. The fourth-order valence-electron chi connectivity index (χ4n) is 8.98. The molecule has 0 saturated carbocycles. The normalized spacial score (nSPS) is 11.8. The summed E-state index contributed by atoms with van der Waals surface area (Å²) in [5.41, 5.74) is 15.3. The van der Waals surface area contributed by atoms with Crippen LogP contribution in [0.4, 0.5) is 0 Å². The van der Waals surface area contributed by atoms with Crippen LogP contribution >= 0.6 is 0 Å². The van der Waals surface area contributed by atoms with Gasteiger partial charge in [0.2, 0.25) is 0 Å². The van der Waals surface area contributed by atoms with Gasteiger partial charge in [0.25, 0.3) is 0 Å². The van der Waals surface area contributed by atoms with Crippen molar-refractivity contribution < 1.29 is 0 Å². The van der Waals surface area contributed by atoms with Crippen LogP contribution in [0.25, 0.3) is 110 Å². The zero-order valence-electron chi connectivity index (χ0n) is 28.5. The van der Waals surface area contributed by atoms with Gasteiger partial charge in [-0.15, -0.1) is 0 Å². The molecule has 0 heteroatoms. The first-order chi connectivity index (χ1) is 25.8. The van der Waals surface area contributed by atoms with E-state index in [0.717, 1.165) is 0 Å². The van der Waals surface area contributed by atoms with Crippen molar-refractivity contribution >= 4 is 43.1 Å². The van der Waals surface area contributed by atoms with E-state index in [1.165, 1.54) is 110 Å². The molecular weight excluding hydrogens is 625 g/mol. The molecule has 10 aromatic rings. The van der Waals surface area contributed by atoms with Crippen molar-refractivity contribution in [1.82, 2.24) is 0 Å². The third-order valence-electron chi connectivity index (χ3n) is 11.2. The van der Waals surface area contributed by atoms with Gasteiger partial charge in [-0.1, -0.05) is 176 Å². The molecule has 11 rings (SSSR count). The highest BCUT2D eigenvalue weighted by atomic mass is 14.3. The topological polar surface area (TPSA) is 0 Å². The molecule has 52 heavy (non-hydrogen) atoms. The second-order valence-corrected chi connectivity index (χ2v) is 13.9. The molecule has 0 unspecified atom stereocenters. The third-order valence-corrected chi connectivity index (χ3v) is 11.2. The zero-order valence-corrected chi connectivity index (χ0v) is 28.5. The van der Waals surface area contributed by atoms with E-state index in [0.29, 0.717) is 0 Å². The number of fused-ring (bicyclic) bond motifs is 7. The van der Waals surface area contributed by atoms with Crippen molar-refractivity contribution in [2.24, 2.45) is 0 Å². The van der Waals surface area contributed by atoms with E-state index in [1.807, 2.05) is 0 Å². The molecule has 1 aliphatic rings. The molecule has 240 valence electrons. The average Bonchev–Trinajstić information content (AvgIpc) is 3.54. The first-order valence-corrected chi connectivity index (χ1v) is 18.1. The molecule has 0 radical (unpaired) electrons. The van der Waals surface area contributed by atoms with Crippen molar-refractivity contribution in [2.45, 2.75) is 0 Å². The highest BCUT2D eigenvalue weighted by Crippen LogP contribution is 2.60. The highest BCUT2D eigenvalue weighted by Gasteiger charge is 2.32. The Hall–Kier alpha value is -6.76. The average molecular weight is 657 g/mol. The molecular formula is C52H32. The van der Waals surface area contributed by atoms with E-state index in [1.54, 1.807) is 0 Å². The van der Waals surface area contributed by atoms with Gasteiger partial charge in [0.15, 0.2) is 0 Å². The molecule has 0 N–H and O–H groups in total.